The molecular formula is C44H58ClN2O13S3+. The molecule has 2 aromatic rings. The van der Waals surface area contributed by atoms with Crippen LogP contribution in [0.15, 0.2) is 92.4 Å². The van der Waals surface area contributed by atoms with E-state index in [0.717, 1.165) is 34.7 Å². The number of carbonyl (C=O) groups is 1. The maximum Gasteiger partial charge on any atom is 0.303 e. The first-order valence-electron chi connectivity index (χ1n) is 20.9. The van der Waals surface area contributed by atoms with Crippen molar-refractivity contribution in [3.63, 3.8) is 0 Å². The molecule has 0 spiro atoms. The van der Waals surface area contributed by atoms with Crippen LogP contribution in [0.5, 0.6) is 0 Å². The normalized spacial score (nSPS) is 21.9. The number of nitrogens with zero attached hydrogens (tertiary/aromatic N) is 2. The smallest absolute Gasteiger partial charge is 0.303 e. The standard InChI is InChI=1S/C44H57ClN2O13S3/c1-5-46-37-18-16-33(62(53,54)55)29-35(37)43(2,22-10-28-61(50,51)52)39(46)20-14-31-11-9-12-32(42(31)45)15-21-40-44(3,23-25-60-27-26-59-4)36-30-34(63(56,57)58)17-19-38(36)47(40)24-8-6-7-13-41(48)49/h14-21,29-30H,5-13,22-28H2,1-4H3,(H3-,48,49,50,51,52,53,54,55,56,57,58)/p+1. The lowest BCUT2D eigenvalue weighted by Crippen LogP contribution is -2.33. The molecule has 19 heteroatoms. The van der Waals surface area contributed by atoms with Gasteiger partial charge in [0.05, 0.1) is 34.2 Å². The molecule has 0 saturated carbocycles. The summed E-state index contributed by atoms with van der Waals surface area (Å²) in [6, 6.07) is 8.91. The van der Waals surface area contributed by atoms with Crippen molar-refractivity contribution < 1.29 is 62.9 Å². The molecule has 2 aliphatic heterocycles. The third-order valence-electron chi connectivity index (χ3n) is 12.2. The fourth-order valence-corrected chi connectivity index (χ4v) is 10.7. The molecule has 0 bridgehead atoms. The van der Waals surface area contributed by atoms with Crippen molar-refractivity contribution >= 4 is 65.0 Å². The van der Waals surface area contributed by atoms with Gasteiger partial charge < -0.3 is 19.5 Å². The molecule has 0 radical (unpaired) electrons. The third kappa shape index (κ3) is 12.0. The molecule has 5 rings (SSSR count). The molecule has 4 N–H and O–H groups in total. The Bertz CT molecular complexity index is 2570. The second kappa shape index (κ2) is 20.6. The number of halogens is 1. The van der Waals surface area contributed by atoms with Gasteiger partial charge >= 0.3 is 5.97 Å². The molecule has 2 aromatic carbocycles. The van der Waals surface area contributed by atoms with Crippen molar-refractivity contribution in [1.82, 2.24) is 0 Å². The van der Waals surface area contributed by atoms with E-state index in [0.29, 0.717) is 93.3 Å². The Kier molecular flexibility index (Phi) is 16.5. The summed E-state index contributed by atoms with van der Waals surface area (Å²) in [5.74, 6) is -1.36. The van der Waals surface area contributed by atoms with Crippen molar-refractivity contribution in [1.29, 1.82) is 0 Å². The highest BCUT2D eigenvalue weighted by molar-refractivity contribution is 7.86. The van der Waals surface area contributed by atoms with Crippen LogP contribution in [-0.2, 0) is 55.5 Å². The fourth-order valence-electron chi connectivity index (χ4n) is 8.91. The number of ether oxygens (including phenoxy) is 2. The van der Waals surface area contributed by atoms with Gasteiger partial charge in [0.1, 0.15) is 6.54 Å². The number of carboxylic acids is 1. The van der Waals surface area contributed by atoms with E-state index in [1.165, 1.54) is 24.3 Å². The van der Waals surface area contributed by atoms with E-state index >= 15 is 0 Å². The van der Waals surface area contributed by atoms with Gasteiger partial charge in [0, 0.05) is 72.6 Å². The molecular weight excluding hydrogens is 896 g/mol. The number of likely N-dealkylation sites (N-methyl/N-ethyl adjacent to an activating group) is 1. The van der Waals surface area contributed by atoms with Gasteiger partial charge in [0.15, 0.2) is 5.71 Å². The summed E-state index contributed by atoms with van der Waals surface area (Å²) < 4.78 is 115. The topological polar surface area (TPSA) is 225 Å². The Morgan fingerprint density at radius 1 is 0.841 bits per heavy atom. The van der Waals surface area contributed by atoms with Gasteiger partial charge in [0.25, 0.3) is 30.4 Å². The summed E-state index contributed by atoms with van der Waals surface area (Å²) in [5, 5.41) is 9.73. The largest absolute Gasteiger partial charge is 0.481 e. The molecule has 0 amide bonds. The average Bonchev–Trinajstić information content (AvgIpc) is 3.58. The average molecular weight is 955 g/mol. The first-order valence-corrected chi connectivity index (χ1v) is 25.8. The quantitative estimate of drug-likeness (QED) is 0.0503. The number of fused-ring (bicyclic) bond motifs is 2. The van der Waals surface area contributed by atoms with Crippen LogP contribution in [0.3, 0.4) is 0 Å². The number of carboxylic acid groups (broad SMARTS) is 1. The number of anilines is 1. The van der Waals surface area contributed by atoms with Crippen molar-refractivity contribution in [2.45, 2.75) is 106 Å². The Balaban J connectivity index is 1.58. The molecule has 0 saturated heterocycles. The van der Waals surface area contributed by atoms with Crippen LogP contribution in [0.1, 0.15) is 96.1 Å². The lowest BCUT2D eigenvalue weighted by Gasteiger charge is -2.30. The number of benzene rings is 2. The van der Waals surface area contributed by atoms with Crippen LogP contribution < -0.4 is 4.90 Å². The zero-order valence-corrected chi connectivity index (χ0v) is 39.3. The number of allylic oxidation sites excluding steroid dienone is 8. The summed E-state index contributed by atoms with van der Waals surface area (Å²) in [7, 11) is -11.8. The second-order valence-corrected chi connectivity index (χ2v) is 21.3. The van der Waals surface area contributed by atoms with Gasteiger partial charge in [-0.05, 0) is 125 Å². The number of hydrogen-bond acceptors (Lipinski definition) is 10. The van der Waals surface area contributed by atoms with E-state index in [-0.39, 0.29) is 29.1 Å². The van der Waals surface area contributed by atoms with E-state index in [9.17, 15) is 48.8 Å². The molecule has 1 aliphatic carbocycles. The lowest BCUT2D eigenvalue weighted by atomic mass is 9.76. The van der Waals surface area contributed by atoms with Crippen LogP contribution in [0, 0.1) is 0 Å². The van der Waals surface area contributed by atoms with Crippen LogP contribution >= 0.6 is 11.6 Å². The first-order chi connectivity index (χ1) is 29.5. The minimum atomic E-state index is -4.55. The minimum Gasteiger partial charge on any atom is -0.481 e. The Labute approximate surface area is 376 Å². The van der Waals surface area contributed by atoms with Crippen molar-refractivity contribution in [2.24, 2.45) is 0 Å². The van der Waals surface area contributed by atoms with E-state index in [1.54, 1.807) is 19.2 Å². The zero-order valence-electron chi connectivity index (χ0n) is 36.0. The highest BCUT2D eigenvalue weighted by Crippen LogP contribution is 2.51. The van der Waals surface area contributed by atoms with Crippen molar-refractivity contribution in [3.05, 3.63) is 93.7 Å². The van der Waals surface area contributed by atoms with Crippen LogP contribution in [0.4, 0.5) is 11.4 Å². The van der Waals surface area contributed by atoms with Crippen LogP contribution in [0.25, 0.3) is 0 Å². The first kappa shape index (κ1) is 50.3. The summed E-state index contributed by atoms with van der Waals surface area (Å²) in [5.41, 5.74) is 4.33. The number of methoxy groups -OCH3 is 1. The molecule has 3 aliphatic rings. The summed E-state index contributed by atoms with van der Waals surface area (Å²) in [4.78, 5) is 12.7. The van der Waals surface area contributed by atoms with E-state index in [1.807, 2.05) is 50.0 Å². The van der Waals surface area contributed by atoms with Gasteiger partial charge in [-0.15, -0.1) is 0 Å². The van der Waals surface area contributed by atoms with E-state index in [4.69, 9.17) is 21.1 Å². The number of unbranched alkanes of at least 4 members (excludes halogenated alkanes) is 2. The third-order valence-corrected chi connectivity index (χ3v) is 15.2. The molecule has 0 fully saturated rings. The van der Waals surface area contributed by atoms with E-state index in [2.05, 4.69) is 4.58 Å². The molecule has 346 valence electrons. The number of aliphatic carboxylic acids is 1. The predicted octanol–water partition coefficient (Wildman–Crippen LogP) is 7.74. The van der Waals surface area contributed by atoms with Crippen LogP contribution in [0.2, 0.25) is 0 Å². The molecule has 2 atom stereocenters. The Hall–Kier alpha value is -3.72. The van der Waals surface area contributed by atoms with Crippen LogP contribution in [-0.4, -0.2) is 106 Å². The summed E-state index contributed by atoms with van der Waals surface area (Å²) in [6.45, 7) is 7.87. The number of rotatable bonds is 22. The second-order valence-electron chi connectivity index (χ2n) is 16.5. The number of hydrogen-bond donors (Lipinski definition) is 4. The van der Waals surface area contributed by atoms with E-state index < -0.39 is 52.9 Å². The van der Waals surface area contributed by atoms with Gasteiger partial charge in [-0.3, -0.25) is 18.5 Å². The minimum absolute atomic E-state index is 0.0478. The summed E-state index contributed by atoms with van der Waals surface area (Å²) >= 11 is 7.23. The molecule has 0 aromatic heterocycles. The highest BCUT2D eigenvalue weighted by Gasteiger charge is 2.48. The zero-order chi connectivity index (χ0) is 46.4. The Morgan fingerprint density at radius 2 is 1.52 bits per heavy atom. The monoisotopic (exact) mass is 953 g/mol. The maximum atomic E-state index is 12.4. The SMILES string of the molecule is CCN1/C(=C/C=C2\CCCC(/C=C/C3=[N+](CCCCCC(=O)O)c4ccc(S(=O)(=O)O)cc4C3(C)CCOCCOC)=C2Cl)C(C)(CCCS(=O)(=O)O)c2cc(S(=O)(=O)O)ccc21. The maximum absolute atomic E-state index is 12.4. The van der Waals surface area contributed by atoms with Gasteiger partial charge in [-0.1, -0.05) is 23.8 Å². The fraction of sp³-hybridized carbons (Fsp3) is 0.500. The van der Waals surface area contributed by atoms with Gasteiger partial charge in [0.2, 0.25) is 5.69 Å². The molecule has 63 heavy (non-hydrogen) atoms. The molecule has 2 heterocycles. The lowest BCUT2D eigenvalue weighted by molar-refractivity contribution is -0.438. The van der Waals surface area contributed by atoms with Crippen molar-refractivity contribution in [3.8, 4) is 0 Å². The van der Waals surface area contributed by atoms with Gasteiger partial charge in [-0.25, -0.2) is 0 Å². The summed E-state index contributed by atoms with van der Waals surface area (Å²) in [6.07, 6.45) is 12.5. The predicted molar refractivity (Wildman–Crippen MR) is 241 cm³/mol. The van der Waals surface area contributed by atoms with Gasteiger partial charge in [-0.2, -0.15) is 29.8 Å². The Morgan fingerprint density at radius 3 is 2.16 bits per heavy atom. The molecule has 15 nitrogen and oxygen atoms in total. The highest BCUT2D eigenvalue weighted by atomic mass is 35.5. The van der Waals surface area contributed by atoms with Crippen molar-refractivity contribution in [2.75, 3.05) is 50.7 Å². The molecule has 2 unspecified atom stereocenters.